The van der Waals surface area contributed by atoms with Crippen molar-refractivity contribution >= 4 is 5.91 Å². The lowest BCUT2D eigenvalue weighted by atomic mass is 9.88. The van der Waals surface area contributed by atoms with Crippen LogP contribution in [0.15, 0.2) is 41.0 Å². The molecule has 0 bridgehead atoms. The maximum absolute atomic E-state index is 12.4. The number of rotatable bonds is 3. The highest BCUT2D eigenvalue weighted by atomic mass is 16.3. The Morgan fingerprint density at radius 1 is 1.40 bits per heavy atom. The van der Waals surface area contributed by atoms with Gasteiger partial charge in [-0.15, -0.1) is 0 Å². The maximum Gasteiger partial charge on any atom is 0.229 e. The molecule has 0 fully saturated rings. The van der Waals surface area contributed by atoms with Gasteiger partial charge in [0.2, 0.25) is 5.91 Å². The standard InChI is InChI=1S/C16H18N2O2/c1-11-4-2-6-13-14(11)9-17-10-15(13)16(19)18-8-12-5-3-7-20-12/h2-7,15,17H,8-10H2,1H3,(H,18,19). The zero-order chi connectivity index (χ0) is 13.9. The number of hydrogen-bond acceptors (Lipinski definition) is 3. The van der Waals surface area contributed by atoms with Crippen molar-refractivity contribution in [2.75, 3.05) is 6.54 Å². The van der Waals surface area contributed by atoms with Gasteiger partial charge in [0.05, 0.1) is 18.7 Å². The van der Waals surface area contributed by atoms with Crippen molar-refractivity contribution < 1.29 is 9.21 Å². The monoisotopic (exact) mass is 270 g/mol. The minimum Gasteiger partial charge on any atom is -0.467 e. The second-order valence-corrected chi connectivity index (χ2v) is 5.12. The van der Waals surface area contributed by atoms with Crippen LogP contribution in [0.4, 0.5) is 0 Å². The molecule has 1 amide bonds. The fourth-order valence-corrected chi connectivity index (χ4v) is 2.69. The van der Waals surface area contributed by atoms with E-state index < -0.39 is 0 Å². The summed E-state index contributed by atoms with van der Waals surface area (Å²) in [5.74, 6) is 0.681. The quantitative estimate of drug-likeness (QED) is 0.898. The molecule has 2 N–H and O–H groups in total. The zero-order valence-electron chi connectivity index (χ0n) is 11.5. The van der Waals surface area contributed by atoms with Crippen LogP contribution in [0.25, 0.3) is 0 Å². The largest absolute Gasteiger partial charge is 0.467 e. The van der Waals surface area contributed by atoms with Crippen molar-refractivity contribution in [2.45, 2.75) is 25.9 Å². The van der Waals surface area contributed by atoms with Crippen molar-refractivity contribution in [2.24, 2.45) is 0 Å². The first kappa shape index (κ1) is 12.9. The van der Waals surface area contributed by atoms with Gasteiger partial charge in [-0.1, -0.05) is 18.2 Å². The van der Waals surface area contributed by atoms with Gasteiger partial charge in [-0.05, 0) is 35.7 Å². The van der Waals surface area contributed by atoms with Crippen LogP contribution < -0.4 is 10.6 Å². The Balaban J connectivity index is 1.75. The van der Waals surface area contributed by atoms with Gasteiger partial charge in [0.15, 0.2) is 0 Å². The molecule has 1 atom stereocenters. The molecule has 1 aliphatic rings. The SMILES string of the molecule is Cc1cccc2c1CNCC2C(=O)NCc1ccco1. The van der Waals surface area contributed by atoms with Gasteiger partial charge in [0.1, 0.15) is 5.76 Å². The summed E-state index contributed by atoms with van der Waals surface area (Å²) in [5, 5.41) is 6.26. The molecule has 2 aromatic rings. The van der Waals surface area contributed by atoms with Crippen LogP contribution in [0.2, 0.25) is 0 Å². The average molecular weight is 270 g/mol. The molecule has 1 unspecified atom stereocenters. The van der Waals surface area contributed by atoms with Crippen molar-refractivity contribution in [3.63, 3.8) is 0 Å². The number of carbonyl (C=O) groups excluding carboxylic acids is 1. The normalized spacial score (nSPS) is 17.6. The summed E-state index contributed by atoms with van der Waals surface area (Å²) in [4.78, 5) is 12.4. The Labute approximate surface area is 118 Å². The van der Waals surface area contributed by atoms with E-state index in [1.807, 2.05) is 18.2 Å². The third-order valence-electron chi connectivity index (χ3n) is 3.81. The first-order valence-electron chi connectivity index (χ1n) is 6.85. The predicted molar refractivity (Wildman–Crippen MR) is 76.2 cm³/mol. The fraction of sp³-hybridized carbons (Fsp3) is 0.312. The molecule has 0 saturated heterocycles. The fourth-order valence-electron chi connectivity index (χ4n) is 2.69. The average Bonchev–Trinajstić information content (AvgIpc) is 2.98. The number of fused-ring (bicyclic) bond motifs is 1. The van der Waals surface area contributed by atoms with E-state index in [0.29, 0.717) is 13.1 Å². The minimum atomic E-state index is -0.131. The van der Waals surface area contributed by atoms with Gasteiger partial charge in [-0.25, -0.2) is 0 Å². The minimum absolute atomic E-state index is 0.0421. The van der Waals surface area contributed by atoms with Gasteiger partial charge >= 0.3 is 0 Å². The van der Waals surface area contributed by atoms with Crippen molar-refractivity contribution in [3.05, 3.63) is 59.0 Å². The van der Waals surface area contributed by atoms with E-state index in [4.69, 9.17) is 4.42 Å². The van der Waals surface area contributed by atoms with Gasteiger partial charge in [-0.2, -0.15) is 0 Å². The van der Waals surface area contributed by atoms with Gasteiger partial charge in [-0.3, -0.25) is 4.79 Å². The molecule has 104 valence electrons. The van der Waals surface area contributed by atoms with Crippen molar-refractivity contribution in [1.29, 1.82) is 0 Å². The summed E-state index contributed by atoms with van der Waals surface area (Å²) in [6.07, 6.45) is 1.61. The maximum atomic E-state index is 12.4. The molecule has 0 radical (unpaired) electrons. The second-order valence-electron chi connectivity index (χ2n) is 5.12. The van der Waals surface area contributed by atoms with Crippen molar-refractivity contribution in [3.8, 4) is 0 Å². The molecule has 4 heteroatoms. The van der Waals surface area contributed by atoms with E-state index in [2.05, 4.69) is 29.7 Å². The third-order valence-corrected chi connectivity index (χ3v) is 3.81. The van der Waals surface area contributed by atoms with Crippen LogP contribution in [0.1, 0.15) is 28.4 Å². The predicted octanol–water partition coefficient (Wildman–Crippen LogP) is 2.09. The molecule has 0 saturated carbocycles. The zero-order valence-corrected chi connectivity index (χ0v) is 11.5. The lowest BCUT2D eigenvalue weighted by Gasteiger charge is -2.26. The molecule has 4 nitrogen and oxygen atoms in total. The van der Waals surface area contributed by atoms with Crippen LogP contribution in [0.5, 0.6) is 0 Å². The van der Waals surface area contributed by atoms with Crippen LogP contribution >= 0.6 is 0 Å². The summed E-state index contributed by atoms with van der Waals surface area (Å²) in [6, 6.07) is 9.84. The Bertz CT molecular complexity index is 605. The lowest BCUT2D eigenvalue weighted by molar-refractivity contribution is -0.122. The summed E-state index contributed by atoms with van der Waals surface area (Å²) >= 11 is 0. The molecule has 2 heterocycles. The first-order valence-corrected chi connectivity index (χ1v) is 6.85. The van der Waals surface area contributed by atoms with Crippen molar-refractivity contribution in [1.82, 2.24) is 10.6 Å². The van der Waals surface area contributed by atoms with E-state index in [0.717, 1.165) is 17.9 Å². The Hall–Kier alpha value is -2.07. The Morgan fingerprint density at radius 3 is 3.10 bits per heavy atom. The number of aryl methyl sites for hydroxylation is 1. The van der Waals surface area contributed by atoms with Gasteiger partial charge in [0, 0.05) is 13.1 Å². The molecule has 1 aliphatic heterocycles. The summed E-state index contributed by atoms with van der Waals surface area (Å²) in [7, 11) is 0. The topological polar surface area (TPSA) is 54.3 Å². The molecular weight excluding hydrogens is 252 g/mol. The third kappa shape index (κ3) is 2.47. The van der Waals surface area contributed by atoms with Crippen LogP contribution in [-0.4, -0.2) is 12.5 Å². The highest BCUT2D eigenvalue weighted by Gasteiger charge is 2.26. The highest BCUT2D eigenvalue weighted by Crippen LogP contribution is 2.26. The molecule has 1 aromatic carbocycles. The van der Waals surface area contributed by atoms with E-state index in [-0.39, 0.29) is 11.8 Å². The van der Waals surface area contributed by atoms with E-state index in [9.17, 15) is 4.79 Å². The van der Waals surface area contributed by atoms with E-state index in [1.54, 1.807) is 6.26 Å². The van der Waals surface area contributed by atoms with Gasteiger partial charge < -0.3 is 15.1 Å². The van der Waals surface area contributed by atoms with Crippen LogP contribution in [-0.2, 0) is 17.9 Å². The number of amides is 1. The van der Waals surface area contributed by atoms with Crippen LogP contribution in [0.3, 0.4) is 0 Å². The number of carbonyl (C=O) groups is 1. The van der Waals surface area contributed by atoms with Crippen LogP contribution in [0, 0.1) is 6.92 Å². The highest BCUT2D eigenvalue weighted by molar-refractivity contribution is 5.84. The Kier molecular flexibility index (Phi) is 3.56. The summed E-state index contributed by atoms with van der Waals surface area (Å²) in [6.45, 7) is 4.04. The number of furan rings is 1. The lowest BCUT2D eigenvalue weighted by Crippen LogP contribution is -2.38. The number of hydrogen-bond donors (Lipinski definition) is 2. The molecule has 3 rings (SSSR count). The number of benzene rings is 1. The molecule has 20 heavy (non-hydrogen) atoms. The first-order chi connectivity index (χ1) is 9.75. The molecular formula is C16H18N2O2. The molecule has 1 aromatic heterocycles. The number of nitrogens with one attached hydrogen (secondary N) is 2. The molecule has 0 aliphatic carbocycles. The molecule has 0 spiro atoms. The second kappa shape index (κ2) is 5.51. The van der Waals surface area contributed by atoms with E-state index in [1.165, 1.54) is 11.1 Å². The summed E-state index contributed by atoms with van der Waals surface area (Å²) < 4.78 is 5.23. The van der Waals surface area contributed by atoms with Gasteiger partial charge in [0.25, 0.3) is 0 Å². The summed E-state index contributed by atoms with van der Waals surface area (Å²) in [5.41, 5.74) is 3.62. The van der Waals surface area contributed by atoms with E-state index >= 15 is 0 Å². The smallest absolute Gasteiger partial charge is 0.229 e. The Morgan fingerprint density at radius 2 is 2.30 bits per heavy atom.